The second kappa shape index (κ2) is 8.55. The lowest BCUT2D eigenvalue weighted by Gasteiger charge is -2.32. The molecule has 0 aromatic heterocycles. The van der Waals surface area contributed by atoms with Crippen molar-refractivity contribution >= 4 is 30.1 Å². The van der Waals surface area contributed by atoms with Crippen LogP contribution in [0.1, 0.15) is 29.8 Å². The van der Waals surface area contributed by atoms with Gasteiger partial charge < -0.3 is 10.2 Å². The van der Waals surface area contributed by atoms with Gasteiger partial charge in [0.2, 0.25) is 0 Å². The largest absolute Gasteiger partial charge is 0.336 e. The van der Waals surface area contributed by atoms with E-state index in [9.17, 15) is 4.79 Å². The van der Waals surface area contributed by atoms with E-state index in [-0.39, 0.29) is 18.3 Å². The van der Waals surface area contributed by atoms with E-state index < -0.39 is 0 Å². The van der Waals surface area contributed by atoms with Gasteiger partial charge in [-0.1, -0.05) is 19.1 Å². The van der Waals surface area contributed by atoms with Gasteiger partial charge in [0.15, 0.2) is 0 Å². The fourth-order valence-electron chi connectivity index (χ4n) is 2.26. The van der Waals surface area contributed by atoms with Crippen molar-refractivity contribution < 1.29 is 4.79 Å². The van der Waals surface area contributed by atoms with Crippen molar-refractivity contribution in [2.45, 2.75) is 25.6 Å². The topological polar surface area (TPSA) is 32.3 Å². The Bertz CT molecular complexity index is 424. The zero-order chi connectivity index (χ0) is 13.7. The number of hydrogen-bond donors (Lipinski definition) is 1. The molecule has 1 saturated heterocycles. The molecule has 3 nitrogen and oxygen atoms in total. The van der Waals surface area contributed by atoms with Crippen LogP contribution in [0.5, 0.6) is 0 Å². The molecule has 1 fully saturated rings. The molecular weight excluding hydrogens is 292 g/mol. The number of amides is 1. The van der Waals surface area contributed by atoms with Gasteiger partial charge in [-0.3, -0.25) is 4.79 Å². The third kappa shape index (κ3) is 4.69. The molecule has 1 amide bonds. The molecule has 1 aromatic carbocycles. The third-order valence-electron chi connectivity index (χ3n) is 3.33. The molecule has 0 radical (unpaired) electrons. The summed E-state index contributed by atoms with van der Waals surface area (Å²) in [4.78, 5) is 14.3. The number of piperazine rings is 1. The molecule has 1 atom stereocenters. The lowest BCUT2D eigenvalue weighted by molar-refractivity contribution is 0.0709. The average molecular weight is 315 g/mol. The molecule has 1 N–H and O–H groups in total. The standard InChI is InChI=1S/C15H22N2OS.ClH/c1-3-19-11-13-4-6-14(7-5-13)15(18)17-9-8-16-12(2)10-17;/h4-7,12,16H,3,8-11H2,1-2H3;1H. The normalized spacial score (nSPS) is 18.5. The maximum atomic E-state index is 12.4. The van der Waals surface area contributed by atoms with E-state index in [1.807, 2.05) is 28.8 Å². The van der Waals surface area contributed by atoms with Gasteiger partial charge in [-0.15, -0.1) is 12.4 Å². The number of thioether (sulfide) groups is 1. The van der Waals surface area contributed by atoms with E-state index in [1.165, 1.54) is 5.56 Å². The zero-order valence-corrected chi connectivity index (χ0v) is 13.7. The molecule has 0 saturated carbocycles. The second-order valence-electron chi connectivity index (χ2n) is 4.94. The molecule has 1 aliphatic rings. The summed E-state index contributed by atoms with van der Waals surface area (Å²) in [5.74, 6) is 2.30. The Morgan fingerprint density at radius 1 is 1.40 bits per heavy atom. The van der Waals surface area contributed by atoms with Crippen LogP contribution in [0.4, 0.5) is 0 Å². The second-order valence-corrected chi connectivity index (χ2v) is 6.21. The third-order valence-corrected chi connectivity index (χ3v) is 4.28. The Morgan fingerprint density at radius 2 is 2.10 bits per heavy atom. The van der Waals surface area contributed by atoms with Gasteiger partial charge in [0.25, 0.3) is 5.91 Å². The van der Waals surface area contributed by atoms with Crippen molar-refractivity contribution in [2.75, 3.05) is 25.4 Å². The first kappa shape index (κ1) is 17.3. The van der Waals surface area contributed by atoms with Crippen LogP contribution in [-0.2, 0) is 5.75 Å². The van der Waals surface area contributed by atoms with Crippen LogP contribution in [0.15, 0.2) is 24.3 Å². The molecule has 20 heavy (non-hydrogen) atoms. The van der Waals surface area contributed by atoms with Gasteiger partial charge in [0.1, 0.15) is 0 Å². The Balaban J connectivity index is 0.00000200. The molecule has 0 bridgehead atoms. The van der Waals surface area contributed by atoms with Crippen molar-refractivity contribution in [3.05, 3.63) is 35.4 Å². The van der Waals surface area contributed by atoms with E-state index in [0.29, 0.717) is 6.04 Å². The quantitative estimate of drug-likeness (QED) is 0.927. The maximum absolute atomic E-state index is 12.4. The molecule has 1 aliphatic heterocycles. The highest BCUT2D eigenvalue weighted by atomic mass is 35.5. The summed E-state index contributed by atoms with van der Waals surface area (Å²) in [6.45, 7) is 6.76. The lowest BCUT2D eigenvalue weighted by Crippen LogP contribution is -2.51. The van der Waals surface area contributed by atoms with Gasteiger partial charge in [-0.25, -0.2) is 0 Å². The van der Waals surface area contributed by atoms with Crippen LogP contribution in [0.25, 0.3) is 0 Å². The minimum Gasteiger partial charge on any atom is -0.336 e. The van der Waals surface area contributed by atoms with E-state index in [1.54, 1.807) is 0 Å². The molecule has 0 spiro atoms. The molecule has 112 valence electrons. The van der Waals surface area contributed by atoms with Crippen molar-refractivity contribution in [1.82, 2.24) is 10.2 Å². The van der Waals surface area contributed by atoms with Crippen LogP contribution in [-0.4, -0.2) is 42.2 Å². The molecule has 1 aromatic rings. The number of hydrogen-bond acceptors (Lipinski definition) is 3. The maximum Gasteiger partial charge on any atom is 0.253 e. The molecule has 5 heteroatoms. The summed E-state index contributed by atoms with van der Waals surface area (Å²) in [5.41, 5.74) is 2.09. The lowest BCUT2D eigenvalue weighted by atomic mass is 10.1. The highest BCUT2D eigenvalue weighted by Crippen LogP contribution is 2.14. The summed E-state index contributed by atoms with van der Waals surface area (Å²) >= 11 is 1.90. The molecule has 2 rings (SSSR count). The van der Waals surface area contributed by atoms with Crippen LogP contribution in [0.3, 0.4) is 0 Å². The highest BCUT2D eigenvalue weighted by molar-refractivity contribution is 7.98. The minimum absolute atomic E-state index is 0. The van der Waals surface area contributed by atoms with Gasteiger partial charge >= 0.3 is 0 Å². The summed E-state index contributed by atoms with van der Waals surface area (Å²) in [5, 5.41) is 3.35. The summed E-state index contributed by atoms with van der Waals surface area (Å²) in [6.07, 6.45) is 0. The number of nitrogens with one attached hydrogen (secondary N) is 1. The van der Waals surface area contributed by atoms with Crippen LogP contribution >= 0.6 is 24.2 Å². The Kier molecular flexibility index (Phi) is 7.41. The van der Waals surface area contributed by atoms with Gasteiger partial charge in [0, 0.05) is 37.0 Å². The zero-order valence-electron chi connectivity index (χ0n) is 12.1. The molecular formula is C15H23ClN2OS. The SMILES string of the molecule is CCSCc1ccc(C(=O)N2CCNC(C)C2)cc1.Cl. The summed E-state index contributed by atoms with van der Waals surface area (Å²) < 4.78 is 0. The number of carbonyl (C=O) groups excluding carboxylic acids is 1. The first-order valence-corrected chi connectivity index (χ1v) is 8.05. The van der Waals surface area contributed by atoms with Crippen molar-refractivity contribution in [1.29, 1.82) is 0 Å². The fraction of sp³-hybridized carbons (Fsp3) is 0.533. The van der Waals surface area contributed by atoms with Crippen molar-refractivity contribution in [2.24, 2.45) is 0 Å². The monoisotopic (exact) mass is 314 g/mol. The fourth-order valence-corrected chi connectivity index (χ4v) is 2.90. The Morgan fingerprint density at radius 3 is 2.70 bits per heavy atom. The highest BCUT2D eigenvalue weighted by Gasteiger charge is 2.21. The average Bonchev–Trinajstić information content (AvgIpc) is 2.45. The number of carbonyl (C=O) groups is 1. The van der Waals surface area contributed by atoms with Crippen LogP contribution in [0.2, 0.25) is 0 Å². The first-order chi connectivity index (χ1) is 9.20. The van der Waals surface area contributed by atoms with Crippen LogP contribution in [0, 0.1) is 0 Å². The molecule has 1 unspecified atom stereocenters. The Labute approximate surface area is 131 Å². The minimum atomic E-state index is 0. The van der Waals surface area contributed by atoms with E-state index in [2.05, 4.69) is 31.3 Å². The number of rotatable bonds is 4. The van der Waals surface area contributed by atoms with Crippen LogP contribution < -0.4 is 5.32 Å². The summed E-state index contributed by atoms with van der Waals surface area (Å²) in [6, 6.07) is 8.45. The van der Waals surface area contributed by atoms with E-state index in [0.717, 1.165) is 36.7 Å². The first-order valence-electron chi connectivity index (χ1n) is 6.90. The number of nitrogens with zero attached hydrogens (tertiary/aromatic N) is 1. The molecule has 0 aliphatic carbocycles. The van der Waals surface area contributed by atoms with Gasteiger partial charge in [0.05, 0.1) is 0 Å². The smallest absolute Gasteiger partial charge is 0.253 e. The predicted octanol–water partition coefficient (Wildman–Crippen LogP) is 2.80. The van der Waals surface area contributed by atoms with E-state index >= 15 is 0 Å². The number of halogens is 1. The molecule has 1 heterocycles. The van der Waals surface area contributed by atoms with Gasteiger partial charge in [-0.05, 0) is 30.4 Å². The van der Waals surface area contributed by atoms with Gasteiger partial charge in [-0.2, -0.15) is 11.8 Å². The Hall–Kier alpha value is -0.710. The predicted molar refractivity (Wildman–Crippen MR) is 88.9 cm³/mol. The summed E-state index contributed by atoms with van der Waals surface area (Å²) in [7, 11) is 0. The van der Waals surface area contributed by atoms with Crippen molar-refractivity contribution in [3.8, 4) is 0 Å². The van der Waals surface area contributed by atoms with E-state index in [4.69, 9.17) is 0 Å². The number of benzene rings is 1. The van der Waals surface area contributed by atoms with Crippen molar-refractivity contribution in [3.63, 3.8) is 0 Å².